The van der Waals surface area contributed by atoms with Gasteiger partial charge in [0.25, 0.3) is 5.91 Å². The average Bonchev–Trinajstić information content (AvgIpc) is 2.73. The Morgan fingerprint density at radius 1 is 1.00 bits per heavy atom. The third-order valence-electron chi connectivity index (χ3n) is 5.32. The van der Waals surface area contributed by atoms with Gasteiger partial charge >= 0.3 is 0 Å². The quantitative estimate of drug-likeness (QED) is 0.691. The molecule has 0 saturated heterocycles. The molecule has 0 atom stereocenters. The molecule has 0 aliphatic heterocycles. The summed E-state index contributed by atoms with van der Waals surface area (Å²) in [7, 11) is 1.94. The maximum absolute atomic E-state index is 13.3. The van der Waals surface area contributed by atoms with E-state index in [1.807, 2.05) is 60.5 Å². The van der Waals surface area contributed by atoms with Crippen LogP contribution in [0.4, 0.5) is 0 Å². The lowest BCUT2D eigenvalue weighted by molar-refractivity contribution is 0.0698. The number of pyridine rings is 2. The predicted molar refractivity (Wildman–Crippen MR) is 104 cm³/mol. The molecule has 0 radical (unpaired) electrons. The largest absolute Gasteiger partial charge is 0.339 e. The molecule has 4 nitrogen and oxygen atoms in total. The van der Waals surface area contributed by atoms with E-state index < -0.39 is 0 Å². The molecular formula is C22H23N3O. The number of rotatable bonds is 3. The van der Waals surface area contributed by atoms with Crippen molar-refractivity contribution in [3.05, 3.63) is 60.3 Å². The van der Waals surface area contributed by atoms with E-state index in [1.165, 1.54) is 19.3 Å². The van der Waals surface area contributed by atoms with E-state index in [2.05, 4.69) is 4.98 Å². The van der Waals surface area contributed by atoms with Crippen LogP contribution in [0.5, 0.6) is 0 Å². The van der Waals surface area contributed by atoms with Crippen molar-refractivity contribution in [3.8, 4) is 11.4 Å². The van der Waals surface area contributed by atoms with Gasteiger partial charge in [0.05, 0.1) is 22.5 Å². The summed E-state index contributed by atoms with van der Waals surface area (Å²) in [6.45, 7) is 0. The Balaban J connectivity index is 1.78. The molecule has 1 amide bonds. The summed E-state index contributed by atoms with van der Waals surface area (Å²) in [4.78, 5) is 24.4. The standard InChI is InChI=1S/C22H23N3O/c1-25(16-9-3-2-4-10-16)22(26)18-15-21(20-13-7-8-14-23-20)24-19-12-6-5-11-17(18)19/h5-8,11-16H,2-4,9-10H2,1H3. The zero-order chi connectivity index (χ0) is 17.9. The minimum Gasteiger partial charge on any atom is -0.339 e. The summed E-state index contributed by atoms with van der Waals surface area (Å²) in [6, 6.07) is 15.8. The van der Waals surface area contributed by atoms with E-state index >= 15 is 0 Å². The Bertz CT molecular complexity index is 917. The number of benzene rings is 1. The van der Waals surface area contributed by atoms with Gasteiger partial charge in [0.15, 0.2) is 0 Å². The molecule has 1 saturated carbocycles. The highest BCUT2D eigenvalue weighted by Gasteiger charge is 2.25. The first kappa shape index (κ1) is 16.7. The highest BCUT2D eigenvalue weighted by Crippen LogP contribution is 2.27. The fourth-order valence-electron chi connectivity index (χ4n) is 3.82. The minimum absolute atomic E-state index is 0.0766. The van der Waals surface area contributed by atoms with E-state index in [0.29, 0.717) is 11.6 Å². The van der Waals surface area contributed by atoms with Crippen molar-refractivity contribution in [1.82, 2.24) is 14.9 Å². The van der Waals surface area contributed by atoms with E-state index in [0.717, 1.165) is 35.1 Å². The van der Waals surface area contributed by atoms with Crippen LogP contribution in [-0.2, 0) is 0 Å². The number of para-hydroxylation sites is 1. The van der Waals surface area contributed by atoms with Crippen molar-refractivity contribution < 1.29 is 4.79 Å². The SMILES string of the molecule is CN(C(=O)c1cc(-c2ccccn2)nc2ccccc12)C1CCCCC1. The van der Waals surface area contributed by atoms with Crippen molar-refractivity contribution in [2.45, 2.75) is 38.1 Å². The second-order valence-corrected chi connectivity index (χ2v) is 7.00. The molecule has 132 valence electrons. The third kappa shape index (κ3) is 3.19. The first-order valence-corrected chi connectivity index (χ1v) is 9.32. The number of hydrogen-bond donors (Lipinski definition) is 0. The second kappa shape index (κ2) is 7.24. The first-order valence-electron chi connectivity index (χ1n) is 9.32. The Hall–Kier alpha value is -2.75. The normalized spacial score (nSPS) is 15.1. The summed E-state index contributed by atoms with van der Waals surface area (Å²) < 4.78 is 0. The van der Waals surface area contributed by atoms with Gasteiger partial charge in [-0.1, -0.05) is 43.5 Å². The van der Waals surface area contributed by atoms with Crippen LogP contribution in [0.25, 0.3) is 22.3 Å². The zero-order valence-corrected chi connectivity index (χ0v) is 15.1. The Morgan fingerprint density at radius 2 is 1.77 bits per heavy atom. The van der Waals surface area contributed by atoms with Crippen LogP contribution in [0, 0.1) is 0 Å². The minimum atomic E-state index is 0.0766. The van der Waals surface area contributed by atoms with Gasteiger partial charge < -0.3 is 4.90 Å². The highest BCUT2D eigenvalue weighted by atomic mass is 16.2. The molecule has 0 unspecified atom stereocenters. The van der Waals surface area contributed by atoms with Crippen molar-refractivity contribution in [2.24, 2.45) is 0 Å². The molecule has 2 aromatic heterocycles. The number of amides is 1. The molecule has 1 fully saturated rings. The predicted octanol–water partition coefficient (Wildman–Crippen LogP) is 4.70. The number of hydrogen-bond acceptors (Lipinski definition) is 3. The van der Waals surface area contributed by atoms with Crippen LogP contribution < -0.4 is 0 Å². The van der Waals surface area contributed by atoms with Gasteiger partial charge in [-0.15, -0.1) is 0 Å². The molecule has 1 aliphatic carbocycles. The lowest BCUT2D eigenvalue weighted by Crippen LogP contribution is -2.38. The summed E-state index contributed by atoms with van der Waals surface area (Å²) in [6.07, 6.45) is 7.64. The van der Waals surface area contributed by atoms with Crippen molar-refractivity contribution in [3.63, 3.8) is 0 Å². The van der Waals surface area contributed by atoms with E-state index in [9.17, 15) is 4.79 Å². The molecule has 0 bridgehead atoms. The maximum Gasteiger partial charge on any atom is 0.254 e. The zero-order valence-electron chi connectivity index (χ0n) is 15.1. The summed E-state index contributed by atoms with van der Waals surface area (Å²) in [5.74, 6) is 0.0766. The summed E-state index contributed by atoms with van der Waals surface area (Å²) in [5, 5.41) is 0.903. The van der Waals surface area contributed by atoms with Crippen molar-refractivity contribution >= 4 is 16.8 Å². The lowest BCUT2D eigenvalue weighted by atomic mass is 9.94. The molecular weight excluding hydrogens is 322 g/mol. The molecule has 4 rings (SSSR count). The number of carbonyl (C=O) groups excluding carboxylic acids is 1. The molecule has 0 N–H and O–H groups in total. The topological polar surface area (TPSA) is 46.1 Å². The summed E-state index contributed by atoms with van der Waals surface area (Å²) in [5.41, 5.74) is 3.07. The highest BCUT2D eigenvalue weighted by molar-refractivity contribution is 6.07. The number of carbonyl (C=O) groups is 1. The molecule has 26 heavy (non-hydrogen) atoms. The Morgan fingerprint density at radius 3 is 2.54 bits per heavy atom. The smallest absolute Gasteiger partial charge is 0.254 e. The van der Waals surface area contributed by atoms with Crippen molar-refractivity contribution in [2.75, 3.05) is 7.05 Å². The van der Waals surface area contributed by atoms with E-state index in [-0.39, 0.29) is 5.91 Å². The Kier molecular flexibility index (Phi) is 4.65. The molecule has 3 aromatic rings. The molecule has 2 heterocycles. The summed E-state index contributed by atoms with van der Waals surface area (Å²) >= 11 is 0. The van der Waals surface area contributed by atoms with Gasteiger partial charge in [0.2, 0.25) is 0 Å². The molecule has 0 spiro atoms. The fraction of sp³-hybridized carbons (Fsp3) is 0.318. The Labute approximate surface area is 153 Å². The van der Waals surface area contributed by atoms with Gasteiger partial charge in [-0.25, -0.2) is 4.98 Å². The number of fused-ring (bicyclic) bond motifs is 1. The van der Waals surface area contributed by atoms with Crippen LogP contribution in [0.3, 0.4) is 0 Å². The molecule has 1 aromatic carbocycles. The van der Waals surface area contributed by atoms with Crippen LogP contribution >= 0.6 is 0 Å². The second-order valence-electron chi connectivity index (χ2n) is 7.00. The van der Waals surface area contributed by atoms with Crippen molar-refractivity contribution in [1.29, 1.82) is 0 Å². The fourth-order valence-corrected chi connectivity index (χ4v) is 3.82. The van der Waals surface area contributed by atoms with Crippen LogP contribution in [0.1, 0.15) is 42.5 Å². The average molecular weight is 345 g/mol. The monoisotopic (exact) mass is 345 g/mol. The van der Waals surface area contributed by atoms with Gasteiger partial charge in [-0.05, 0) is 37.1 Å². The van der Waals surface area contributed by atoms with Crippen LogP contribution in [0.2, 0.25) is 0 Å². The molecule has 4 heteroatoms. The van der Waals surface area contributed by atoms with Crippen LogP contribution in [0.15, 0.2) is 54.7 Å². The molecule has 1 aliphatic rings. The van der Waals surface area contributed by atoms with Gasteiger partial charge in [0.1, 0.15) is 0 Å². The number of nitrogens with zero attached hydrogens (tertiary/aromatic N) is 3. The van der Waals surface area contributed by atoms with E-state index in [4.69, 9.17) is 4.98 Å². The first-order chi connectivity index (χ1) is 12.7. The van der Waals surface area contributed by atoms with E-state index in [1.54, 1.807) is 6.20 Å². The third-order valence-corrected chi connectivity index (χ3v) is 5.32. The lowest BCUT2D eigenvalue weighted by Gasteiger charge is -2.31. The van der Waals surface area contributed by atoms with Gasteiger partial charge in [-0.3, -0.25) is 9.78 Å². The number of aromatic nitrogens is 2. The maximum atomic E-state index is 13.3. The van der Waals surface area contributed by atoms with Gasteiger partial charge in [0, 0.05) is 24.7 Å². The van der Waals surface area contributed by atoms with Crippen LogP contribution in [-0.4, -0.2) is 33.9 Å². The van der Waals surface area contributed by atoms with Gasteiger partial charge in [-0.2, -0.15) is 0 Å².